The van der Waals surface area contributed by atoms with Crippen LogP contribution in [0.3, 0.4) is 0 Å². The highest BCUT2D eigenvalue weighted by atomic mass is 16.6. The van der Waals surface area contributed by atoms with Crippen molar-refractivity contribution >= 4 is 16.7 Å². The van der Waals surface area contributed by atoms with Gasteiger partial charge in [-0.05, 0) is 30.3 Å². The van der Waals surface area contributed by atoms with Gasteiger partial charge in [0.1, 0.15) is 5.65 Å². The van der Waals surface area contributed by atoms with Crippen LogP contribution in [0, 0.1) is 10.1 Å². The minimum Gasteiger partial charge on any atom is -0.490 e. The fourth-order valence-electron chi connectivity index (χ4n) is 2.11. The van der Waals surface area contributed by atoms with Crippen molar-refractivity contribution in [3.63, 3.8) is 0 Å². The van der Waals surface area contributed by atoms with Crippen molar-refractivity contribution in [2.75, 3.05) is 7.11 Å². The van der Waals surface area contributed by atoms with Crippen LogP contribution in [0.15, 0.2) is 42.6 Å². The van der Waals surface area contributed by atoms with Crippen LogP contribution in [0.2, 0.25) is 0 Å². The van der Waals surface area contributed by atoms with Crippen molar-refractivity contribution in [1.82, 2.24) is 9.97 Å². The Morgan fingerprint density at radius 3 is 2.64 bits per heavy atom. The van der Waals surface area contributed by atoms with Crippen LogP contribution in [0.1, 0.15) is 13.8 Å². The number of fused-ring (bicyclic) bond motifs is 1. The van der Waals surface area contributed by atoms with E-state index in [2.05, 4.69) is 9.97 Å². The van der Waals surface area contributed by atoms with Crippen molar-refractivity contribution < 1.29 is 9.66 Å². The first-order valence-corrected chi connectivity index (χ1v) is 6.95. The average Bonchev–Trinajstić information content (AvgIpc) is 3.00. The molecule has 6 nitrogen and oxygen atoms in total. The predicted octanol–water partition coefficient (Wildman–Crippen LogP) is 4.17. The van der Waals surface area contributed by atoms with Gasteiger partial charge in [-0.2, -0.15) is 0 Å². The second-order valence-corrected chi connectivity index (χ2v) is 4.27. The first-order valence-electron chi connectivity index (χ1n) is 6.95. The molecule has 0 aliphatic carbocycles. The Morgan fingerprint density at radius 2 is 2.00 bits per heavy atom. The normalized spacial score (nSPS) is 9.95. The first-order chi connectivity index (χ1) is 10.7. The van der Waals surface area contributed by atoms with Crippen LogP contribution in [-0.4, -0.2) is 22.0 Å². The van der Waals surface area contributed by atoms with Crippen LogP contribution in [-0.2, 0) is 0 Å². The zero-order valence-corrected chi connectivity index (χ0v) is 12.7. The van der Waals surface area contributed by atoms with E-state index in [0.717, 1.165) is 22.3 Å². The minimum atomic E-state index is -0.455. The van der Waals surface area contributed by atoms with Crippen molar-refractivity contribution in [3.05, 3.63) is 52.7 Å². The predicted molar refractivity (Wildman–Crippen MR) is 86.1 cm³/mol. The molecule has 0 radical (unpaired) electrons. The monoisotopic (exact) mass is 299 g/mol. The van der Waals surface area contributed by atoms with Crippen LogP contribution < -0.4 is 4.74 Å². The summed E-state index contributed by atoms with van der Waals surface area (Å²) < 4.78 is 4.99. The molecule has 0 atom stereocenters. The molecule has 2 aromatic heterocycles. The molecule has 0 aliphatic heterocycles. The largest absolute Gasteiger partial charge is 0.490 e. The molecule has 0 spiro atoms. The first kappa shape index (κ1) is 15.5. The van der Waals surface area contributed by atoms with Gasteiger partial charge in [-0.25, -0.2) is 4.98 Å². The highest BCUT2D eigenvalue weighted by Gasteiger charge is 2.16. The van der Waals surface area contributed by atoms with Crippen molar-refractivity contribution in [3.8, 4) is 17.0 Å². The number of aromatic nitrogens is 2. The van der Waals surface area contributed by atoms with E-state index >= 15 is 0 Å². The number of rotatable bonds is 3. The fraction of sp³-hybridized carbons (Fsp3) is 0.188. The summed E-state index contributed by atoms with van der Waals surface area (Å²) in [5.74, 6) is 0.244. The molecule has 0 unspecified atom stereocenters. The zero-order chi connectivity index (χ0) is 16.1. The lowest BCUT2D eigenvalue weighted by molar-refractivity contribution is -0.385. The summed E-state index contributed by atoms with van der Waals surface area (Å²) in [5.41, 5.74) is 2.19. The van der Waals surface area contributed by atoms with Crippen LogP contribution in [0.25, 0.3) is 22.3 Å². The maximum Gasteiger partial charge on any atom is 0.311 e. The SMILES string of the molecule is CC.COc1ccc(-c2cc3cccnc3[nH]2)cc1[N+](=O)[O-]. The number of nitro groups is 1. The minimum absolute atomic E-state index is 0.0587. The smallest absolute Gasteiger partial charge is 0.311 e. The number of hydrogen-bond donors (Lipinski definition) is 1. The third kappa shape index (κ3) is 2.90. The van der Waals surface area contributed by atoms with Gasteiger partial charge in [-0.3, -0.25) is 10.1 Å². The Hall–Kier alpha value is -2.89. The summed E-state index contributed by atoms with van der Waals surface area (Å²) in [6, 6.07) is 10.5. The molecule has 0 aliphatic rings. The van der Waals surface area contributed by atoms with Gasteiger partial charge in [0.2, 0.25) is 0 Å². The molecule has 1 N–H and O–H groups in total. The van der Waals surface area contributed by atoms with Gasteiger partial charge >= 0.3 is 5.69 Å². The molecular formula is C16H17N3O3. The van der Waals surface area contributed by atoms with Gasteiger partial charge in [0.25, 0.3) is 0 Å². The summed E-state index contributed by atoms with van der Waals surface area (Å²) in [6.45, 7) is 4.00. The molecule has 0 saturated heterocycles. The van der Waals surface area contributed by atoms with Gasteiger partial charge in [0.15, 0.2) is 5.75 Å². The van der Waals surface area contributed by atoms with Gasteiger partial charge < -0.3 is 9.72 Å². The molecule has 0 bridgehead atoms. The van der Waals surface area contributed by atoms with Crippen LogP contribution in [0.5, 0.6) is 5.75 Å². The maximum absolute atomic E-state index is 11.0. The lowest BCUT2D eigenvalue weighted by Gasteiger charge is -2.03. The molecule has 3 aromatic rings. The summed E-state index contributed by atoms with van der Waals surface area (Å²) >= 11 is 0. The molecule has 2 heterocycles. The number of ether oxygens (including phenoxy) is 1. The number of hydrogen-bond acceptors (Lipinski definition) is 4. The molecular weight excluding hydrogens is 282 g/mol. The summed E-state index contributed by atoms with van der Waals surface area (Å²) in [4.78, 5) is 17.9. The van der Waals surface area contributed by atoms with E-state index in [9.17, 15) is 10.1 Å². The van der Waals surface area contributed by atoms with Gasteiger partial charge in [0.05, 0.1) is 12.0 Å². The van der Waals surface area contributed by atoms with E-state index in [1.54, 1.807) is 18.3 Å². The second kappa shape index (κ2) is 6.71. The van der Waals surface area contributed by atoms with Crippen molar-refractivity contribution in [2.45, 2.75) is 13.8 Å². The molecule has 0 amide bonds. The number of nitrogens with zero attached hydrogens (tertiary/aromatic N) is 2. The number of methoxy groups -OCH3 is 1. The average molecular weight is 299 g/mol. The highest BCUT2D eigenvalue weighted by Crippen LogP contribution is 2.32. The van der Waals surface area contributed by atoms with Gasteiger partial charge in [-0.1, -0.05) is 13.8 Å². The van der Waals surface area contributed by atoms with Crippen LogP contribution in [0.4, 0.5) is 5.69 Å². The van der Waals surface area contributed by atoms with E-state index in [1.807, 2.05) is 32.0 Å². The molecule has 1 aromatic carbocycles. The number of nitro benzene ring substituents is 1. The van der Waals surface area contributed by atoms with Gasteiger partial charge in [0, 0.05) is 28.9 Å². The molecule has 3 rings (SSSR count). The van der Waals surface area contributed by atoms with E-state index in [0.29, 0.717) is 0 Å². The molecule has 114 valence electrons. The maximum atomic E-state index is 11.0. The standard InChI is InChI=1S/C14H11N3O3.C2H6/c1-20-13-5-4-9(8-12(13)17(18)19)11-7-10-3-2-6-15-14(10)16-11;1-2/h2-8H,1H3,(H,15,16);1-2H3. The van der Waals surface area contributed by atoms with E-state index in [1.165, 1.54) is 13.2 Å². The summed E-state index contributed by atoms with van der Waals surface area (Å²) in [6.07, 6.45) is 1.69. The lowest BCUT2D eigenvalue weighted by Crippen LogP contribution is -1.94. The van der Waals surface area contributed by atoms with Crippen molar-refractivity contribution in [1.29, 1.82) is 0 Å². The number of benzene rings is 1. The molecule has 0 fully saturated rings. The van der Waals surface area contributed by atoms with E-state index < -0.39 is 4.92 Å². The Kier molecular flexibility index (Phi) is 4.73. The Bertz CT molecular complexity index is 763. The Labute approximate surface area is 127 Å². The van der Waals surface area contributed by atoms with E-state index in [4.69, 9.17) is 4.74 Å². The number of pyridine rings is 1. The Morgan fingerprint density at radius 1 is 1.23 bits per heavy atom. The molecule has 0 saturated carbocycles. The summed E-state index contributed by atoms with van der Waals surface area (Å²) in [5, 5.41) is 12.0. The molecule has 22 heavy (non-hydrogen) atoms. The topological polar surface area (TPSA) is 81.0 Å². The number of nitrogens with one attached hydrogen (secondary N) is 1. The van der Waals surface area contributed by atoms with Gasteiger partial charge in [-0.15, -0.1) is 0 Å². The Balaban J connectivity index is 0.000000847. The van der Waals surface area contributed by atoms with E-state index in [-0.39, 0.29) is 11.4 Å². The van der Waals surface area contributed by atoms with Crippen LogP contribution >= 0.6 is 0 Å². The fourth-order valence-corrected chi connectivity index (χ4v) is 2.11. The lowest BCUT2D eigenvalue weighted by atomic mass is 10.1. The second-order valence-electron chi connectivity index (χ2n) is 4.27. The van der Waals surface area contributed by atoms with Crippen molar-refractivity contribution in [2.24, 2.45) is 0 Å². The number of H-pyrrole nitrogens is 1. The quantitative estimate of drug-likeness (QED) is 0.581. The molecule has 6 heteroatoms. The third-order valence-corrected chi connectivity index (χ3v) is 3.08. The zero-order valence-electron chi connectivity index (χ0n) is 12.7. The highest BCUT2D eigenvalue weighted by molar-refractivity contribution is 5.83. The number of aromatic amines is 1. The third-order valence-electron chi connectivity index (χ3n) is 3.08. The summed E-state index contributed by atoms with van der Waals surface area (Å²) in [7, 11) is 1.41.